The van der Waals surface area contributed by atoms with Crippen LogP contribution in [0.15, 0.2) is 72.9 Å². The normalized spacial score (nSPS) is 12.6. The first-order chi connectivity index (χ1) is 30.5. The van der Waals surface area contributed by atoms with Gasteiger partial charge in [0.1, 0.15) is 13.2 Å². The summed E-state index contributed by atoms with van der Waals surface area (Å²) in [7, 11) is 0. The number of allylic oxidation sites excluding steroid dienone is 12. The summed E-state index contributed by atoms with van der Waals surface area (Å²) in [5, 5.41) is 0. The molecule has 0 aromatic carbocycles. The minimum Gasteiger partial charge on any atom is -0.462 e. The lowest BCUT2D eigenvalue weighted by Gasteiger charge is -2.18. The predicted octanol–water partition coefficient (Wildman–Crippen LogP) is 17.0. The van der Waals surface area contributed by atoms with Gasteiger partial charge in [0.05, 0.1) is 0 Å². The Morgan fingerprint density at radius 3 is 1.06 bits per heavy atom. The van der Waals surface area contributed by atoms with Crippen LogP contribution in [0.5, 0.6) is 0 Å². The van der Waals surface area contributed by atoms with E-state index in [9.17, 15) is 14.4 Å². The fourth-order valence-corrected chi connectivity index (χ4v) is 7.07. The first kappa shape index (κ1) is 58.9. The van der Waals surface area contributed by atoms with Crippen LogP contribution in [0.2, 0.25) is 0 Å². The van der Waals surface area contributed by atoms with Gasteiger partial charge in [0.15, 0.2) is 6.10 Å². The van der Waals surface area contributed by atoms with E-state index in [-0.39, 0.29) is 31.6 Å². The summed E-state index contributed by atoms with van der Waals surface area (Å²) >= 11 is 0. The van der Waals surface area contributed by atoms with E-state index in [0.717, 1.165) is 77.0 Å². The van der Waals surface area contributed by atoms with Crippen LogP contribution in [0.4, 0.5) is 0 Å². The average molecular weight is 865 g/mol. The molecule has 0 heterocycles. The zero-order valence-electron chi connectivity index (χ0n) is 40.6. The molecule has 1 unspecified atom stereocenters. The van der Waals surface area contributed by atoms with Gasteiger partial charge in [0, 0.05) is 19.3 Å². The standard InChI is InChI=1S/C56H96O6/c1-4-7-10-13-16-19-22-25-26-27-28-29-32-34-37-40-43-46-49-55(58)61-52-53(62-56(59)50-47-44-41-38-35-31-24-21-18-15-12-9-6-3)51-60-54(57)48-45-42-39-36-33-30-23-20-17-14-11-8-5-2/h9,12,18-19,21-22,26-27,31,35,41,44,53H,4-8,10-11,13-17,20,23-25,28-30,32-34,36-40,42-43,45-52H2,1-3H3/b12-9-,21-18-,22-19-,27-26-,35-31-,44-41-. The summed E-state index contributed by atoms with van der Waals surface area (Å²) in [5.74, 6) is -0.993. The topological polar surface area (TPSA) is 78.9 Å². The fourth-order valence-electron chi connectivity index (χ4n) is 7.07. The summed E-state index contributed by atoms with van der Waals surface area (Å²) in [6, 6.07) is 0. The Labute approximate surface area is 382 Å². The average Bonchev–Trinajstić information content (AvgIpc) is 3.27. The highest BCUT2D eigenvalue weighted by atomic mass is 16.6. The van der Waals surface area contributed by atoms with E-state index in [1.54, 1.807) is 0 Å². The highest BCUT2D eigenvalue weighted by Crippen LogP contribution is 2.15. The van der Waals surface area contributed by atoms with Crippen molar-refractivity contribution in [1.82, 2.24) is 0 Å². The van der Waals surface area contributed by atoms with Crippen LogP contribution in [0.1, 0.15) is 245 Å². The molecule has 0 aromatic rings. The van der Waals surface area contributed by atoms with Gasteiger partial charge in [-0.25, -0.2) is 0 Å². The fraction of sp³-hybridized carbons (Fsp3) is 0.732. The smallest absolute Gasteiger partial charge is 0.306 e. The molecule has 0 fully saturated rings. The summed E-state index contributed by atoms with van der Waals surface area (Å²) in [6.45, 7) is 6.44. The highest BCUT2D eigenvalue weighted by Gasteiger charge is 2.19. The molecule has 62 heavy (non-hydrogen) atoms. The number of unbranched alkanes of at least 4 members (excludes halogenated alkanes) is 23. The van der Waals surface area contributed by atoms with E-state index in [1.807, 2.05) is 12.2 Å². The second-order valence-electron chi connectivity index (χ2n) is 17.1. The quantitative estimate of drug-likeness (QED) is 0.0262. The molecule has 0 saturated heterocycles. The summed E-state index contributed by atoms with van der Waals surface area (Å²) in [4.78, 5) is 37.9. The third kappa shape index (κ3) is 47.9. The van der Waals surface area contributed by atoms with Gasteiger partial charge < -0.3 is 14.2 Å². The molecule has 0 saturated carbocycles. The predicted molar refractivity (Wildman–Crippen MR) is 265 cm³/mol. The SMILES string of the molecule is CC/C=C\C/C=C\C/C=C\C/C=C\CCC(=O)OC(COC(=O)CCCCCCCCC/C=C\C/C=C\CCCCCC)COC(=O)CCCCCCCCCCCCCCC. The summed E-state index contributed by atoms with van der Waals surface area (Å²) in [6.07, 6.45) is 63.3. The molecule has 0 aliphatic carbocycles. The van der Waals surface area contributed by atoms with Crippen molar-refractivity contribution in [2.75, 3.05) is 13.2 Å². The van der Waals surface area contributed by atoms with E-state index in [4.69, 9.17) is 14.2 Å². The van der Waals surface area contributed by atoms with Gasteiger partial charge in [0.25, 0.3) is 0 Å². The molecular formula is C56H96O6. The van der Waals surface area contributed by atoms with Gasteiger partial charge >= 0.3 is 17.9 Å². The third-order valence-electron chi connectivity index (χ3n) is 11.0. The Balaban J connectivity index is 4.44. The molecule has 0 aromatic heterocycles. The molecular weight excluding hydrogens is 769 g/mol. The van der Waals surface area contributed by atoms with Crippen LogP contribution in [-0.4, -0.2) is 37.2 Å². The van der Waals surface area contributed by atoms with Crippen LogP contribution < -0.4 is 0 Å². The van der Waals surface area contributed by atoms with E-state index in [0.29, 0.717) is 19.3 Å². The Bertz CT molecular complexity index is 1180. The Kier molecular flexibility index (Phi) is 47.9. The first-order valence-corrected chi connectivity index (χ1v) is 25.9. The second-order valence-corrected chi connectivity index (χ2v) is 17.1. The highest BCUT2D eigenvalue weighted by molar-refractivity contribution is 5.71. The lowest BCUT2D eigenvalue weighted by atomic mass is 10.0. The zero-order valence-corrected chi connectivity index (χ0v) is 40.6. The van der Waals surface area contributed by atoms with E-state index < -0.39 is 12.1 Å². The number of hydrogen-bond acceptors (Lipinski definition) is 6. The lowest BCUT2D eigenvalue weighted by molar-refractivity contribution is -0.166. The maximum Gasteiger partial charge on any atom is 0.306 e. The lowest BCUT2D eigenvalue weighted by Crippen LogP contribution is -2.30. The molecule has 0 spiro atoms. The number of carbonyl (C=O) groups is 3. The summed E-state index contributed by atoms with van der Waals surface area (Å²) < 4.78 is 16.7. The molecule has 6 nitrogen and oxygen atoms in total. The Hall–Kier alpha value is -3.15. The molecule has 0 amide bonds. The van der Waals surface area contributed by atoms with Crippen molar-refractivity contribution in [3.63, 3.8) is 0 Å². The molecule has 0 rings (SSSR count). The van der Waals surface area contributed by atoms with Crippen LogP contribution in [0.25, 0.3) is 0 Å². The number of esters is 3. The molecule has 6 heteroatoms. The van der Waals surface area contributed by atoms with Crippen molar-refractivity contribution in [2.45, 2.75) is 252 Å². The van der Waals surface area contributed by atoms with Gasteiger partial charge in [-0.3, -0.25) is 14.4 Å². The molecule has 0 aliphatic rings. The van der Waals surface area contributed by atoms with Crippen molar-refractivity contribution in [2.24, 2.45) is 0 Å². The summed E-state index contributed by atoms with van der Waals surface area (Å²) in [5.41, 5.74) is 0. The molecule has 0 radical (unpaired) electrons. The van der Waals surface area contributed by atoms with Crippen LogP contribution >= 0.6 is 0 Å². The zero-order chi connectivity index (χ0) is 45.1. The minimum absolute atomic E-state index is 0.105. The van der Waals surface area contributed by atoms with Crippen LogP contribution in [0.3, 0.4) is 0 Å². The number of rotatable bonds is 46. The largest absolute Gasteiger partial charge is 0.462 e. The van der Waals surface area contributed by atoms with Gasteiger partial charge in [-0.1, -0.05) is 222 Å². The monoisotopic (exact) mass is 865 g/mol. The third-order valence-corrected chi connectivity index (χ3v) is 11.0. The van der Waals surface area contributed by atoms with Crippen molar-refractivity contribution in [1.29, 1.82) is 0 Å². The van der Waals surface area contributed by atoms with Gasteiger partial charge in [-0.2, -0.15) is 0 Å². The van der Waals surface area contributed by atoms with E-state index in [2.05, 4.69) is 81.5 Å². The number of hydrogen-bond donors (Lipinski definition) is 0. The number of carbonyl (C=O) groups excluding carboxylic acids is 3. The molecule has 356 valence electrons. The molecule has 0 N–H and O–H groups in total. The van der Waals surface area contributed by atoms with Gasteiger partial charge in [-0.15, -0.1) is 0 Å². The van der Waals surface area contributed by atoms with Gasteiger partial charge in [-0.05, 0) is 77.0 Å². The van der Waals surface area contributed by atoms with Crippen molar-refractivity contribution in [3.05, 3.63) is 72.9 Å². The van der Waals surface area contributed by atoms with E-state index in [1.165, 1.54) is 122 Å². The second kappa shape index (κ2) is 50.5. The Morgan fingerprint density at radius 1 is 0.339 bits per heavy atom. The van der Waals surface area contributed by atoms with Crippen LogP contribution in [0, 0.1) is 0 Å². The van der Waals surface area contributed by atoms with Gasteiger partial charge in [0.2, 0.25) is 0 Å². The Morgan fingerprint density at radius 2 is 0.661 bits per heavy atom. The minimum atomic E-state index is -0.814. The maximum absolute atomic E-state index is 12.7. The van der Waals surface area contributed by atoms with Crippen LogP contribution in [-0.2, 0) is 28.6 Å². The van der Waals surface area contributed by atoms with E-state index >= 15 is 0 Å². The van der Waals surface area contributed by atoms with Crippen molar-refractivity contribution >= 4 is 17.9 Å². The molecule has 1 atom stereocenters. The van der Waals surface area contributed by atoms with Crippen molar-refractivity contribution in [3.8, 4) is 0 Å². The molecule has 0 aliphatic heterocycles. The van der Waals surface area contributed by atoms with Crippen molar-refractivity contribution < 1.29 is 28.6 Å². The number of ether oxygens (including phenoxy) is 3. The maximum atomic E-state index is 12.7. The molecule has 0 bridgehead atoms. The first-order valence-electron chi connectivity index (χ1n) is 25.9.